The quantitative estimate of drug-likeness (QED) is 0.842. The second-order valence-electron chi connectivity index (χ2n) is 5.09. The van der Waals surface area contributed by atoms with Crippen LogP contribution in [-0.2, 0) is 6.42 Å². The lowest BCUT2D eigenvalue weighted by Gasteiger charge is -2.32. The van der Waals surface area contributed by atoms with E-state index in [1.807, 2.05) is 5.51 Å². The van der Waals surface area contributed by atoms with E-state index >= 15 is 0 Å². The fourth-order valence-corrected chi connectivity index (χ4v) is 3.45. The molecule has 1 saturated heterocycles. The zero-order chi connectivity index (χ0) is 11.0. The smallest absolute Gasteiger partial charge is 0.0797 e. The van der Waals surface area contributed by atoms with E-state index in [1.165, 1.54) is 23.4 Å². The molecule has 0 amide bonds. The first-order valence-corrected chi connectivity index (χ1v) is 7.00. The highest BCUT2D eigenvalue weighted by Gasteiger charge is 2.34. The lowest BCUT2D eigenvalue weighted by atomic mass is 9.88. The largest absolute Gasteiger partial charge is 0.389 e. The Balaban J connectivity index is 1.74. The topological polar surface area (TPSA) is 45.2 Å². The van der Waals surface area contributed by atoms with E-state index in [0.717, 1.165) is 32.4 Å². The van der Waals surface area contributed by atoms with E-state index in [2.05, 4.69) is 10.3 Å². The van der Waals surface area contributed by atoms with Crippen molar-refractivity contribution in [2.75, 3.05) is 13.1 Å². The number of aliphatic hydroxyl groups is 1. The summed E-state index contributed by atoms with van der Waals surface area (Å²) in [4.78, 5) is 5.79. The Labute approximate surface area is 99.9 Å². The van der Waals surface area contributed by atoms with Crippen molar-refractivity contribution in [1.82, 2.24) is 10.3 Å². The number of thiazole rings is 1. The van der Waals surface area contributed by atoms with E-state index in [-0.39, 0.29) is 0 Å². The number of nitrogens with one attached hydrogen (secondary N) is 1. The maximum atomic E-state index is 10.5. The molecule has 0 radical (unpaired) electrons. The van der Waals surface area contributed by atoms with Crippen LogP contribution in [0.2, 0.25) is 0 Å². The van der Waals surface area contributed by atoms with Gasteiger partial charge in [-0.25, -0.2) is 4.98 Å². The van der Waals surface area contributed by atoms with Gasteiger partial charge in [-0.3, -0.25) is 0 Å². The van der Waals surface area contributed by atoms with Crippen molar-refractivity contribution in [3.63, 3.8) is 0 Å². The third-order valence-corrected chi connectivity index (χ3v) is 4.51. The third kappa shape index (κ3) is 2.14. The molecule has 2 fully saturated rings. The maximum Gasteiger partial charge on any atom is 0.0797 e. The predicted molar refractivity (Wildman–Crippen MR) is 64.8 cm³/mol. The molecule has 1 aliphatic heterocycles. The fraction of sp³-hybridized carbons (Fsp3) is 0.750. The van der Waals surface area contributed by atoms with Crippen LogP contribution in [0.1, 0.15) is 42.2 Å². The lowest BCUT2D eigenvalue weighted by Crippen LogP contribution is -2.43. The van der Waals surface area contributed by atoms with Gasteiger partial charge in [0.2, 0.25) is 0 Å². The van der Waals surface area contributed by atoms with E-state index in [0.29, 0.717) is 5.92 Å². The molecular weight excluding hydrogens is 220 g/mol. The maximum absolute atomic E-state index is 10.5. The Kier molecular flexibility index (Phi) is 2.73. The molecule has 1 saturated carbocycles. The van der Waals surface area contributed by atoms with Crippen molar-refractivity contribution >= 4 is 11.3 Å². The Hall–Kier alpha value is -0.450. The van der Waals surface area contributed by atoms with Crippen LogP contribution in [0.3, 0.4) is 0 Å². The Morgan fingerprint density at radius 2 is 2.19 bits per heavy atom. The Bertz CT molecular complexity index is 367. The van der Waals surface area contributed by atoms with Gasteiger partial charge in [0.05, 0.1) is 16.8 Å². The van der Waals surface area contributed by atoms with Gasteiger partial charge in [0.1, 0.15) is 0 Å². The van der Waals surface area contributed by atoms with Gasteiger partial charge >= 0.3 is 0 Å². The van der Waals surface area contributed by atoms with Crippen LogP contribution in [0.5, 0.6) is 0 Å². The van der Waals surface area contributed by atoms with Gasteiger partial charge in [-0.05, 0) is 38.8 Å². The van der Waals surface area contributed by atoms with Gasteiger partial charge in [-0.1, -0.05) is 0 Å². The summed E-state index contributed by atoms with van der Waals surface area (Å²) >= 11 is 1.72. The summed E-state index contributed by atoms with van der Waals surface area (Å²) in [5.41, 5.74) is 2.73. The molecule has 0 unspecified atom stereocenters. The molecule has 2 aliphatic rings. The van der Waals surface area contributed by atoms with Crippen molar-refractivity contribution < 1.29 is 5.11 Å². The molecule has 0 bridgehead atoms. The summed E-state index contributed by atoms with van der Waals surface area (Å²) in [7, 11) is 0. The highest BCUT2D eigenvalue weighted by Crippen LogP contribution is 2.43. The normalized spacial score (nSPS) is 24.6. The van der Waals surface area contributed by atoms with Crippen LogP contribution in [0.15, 0.2) is 5.51 Å². The van der Waals surface area contributed by atoms with Crippen LogP contribution in [0.4, 0.5) is 0 Å². The van der Waals surface area contributed by atoms with E-state index < -0.39 is 5.60 Å². The molecular formula is C12H18N2OS. The number of hydrogen-bond donors (Lipinski definition) is 2. The number of hydrogen-bond acceptors (Lipinski definition) is 4. The minimum atomic E-state index is -0.485. The van der Waals surface area contributed by atoms with Gasteiger partial charge in [0.15, 0.2) is 0 Å². The standard InChI is InChI=1S/C12H18N2OS/c15-12(3-5-13-6-4-12)7-10-11(9-1-2-9)14-8-16-10/h8-9,13,15H,1-7H2. The van der Waals surface area contributed by atoms with E-state index in [4.69, 9.17) is 0 Å². The van der Waals surface area contributed by atoms with Gasteiger partial charge in [0.25, 0.3) is 0 Å². The summed E-state index contributed by atoms with van der Waals surface area (Å²) in [5, 5.41) is 13.8. The first-order chi connectivity index (χ1) is 7.77. The van der Waals surface area contributed by atoms with E-state index in [1.54, 1.807) is 11.3 Å². The summed E-state index contributed by atoms with van der Waals surface area (Å²) in [6.07, 6.45) is 5.13. The number of rotatable bonds is 3. The first kappa shape index (κ1) is 10.7. The molecule has 0 aromatic carbocycles. The second-order valence-corrected chi connectivity index (χ2v) is 6.03. The number of nitrogens with zero attached hydrogens (tertiary/aromatic N) is 1. The minimum absolute atomic E-state index is 0.485. The average Bonchev–Trinajstić information content (AvgIpc) is 3.01. The third-order valence-electron chi connectivity index (χ3n) is 3.66. The van der Waals surface area contributed by atoms with Crippen LogP contribution in [0, 0.1) is 0 Å². The van der Waals surface area contributed by atoms with Gasteiger partial charge in [-0.15, -0.1) is 11.3 Å². The molecule has 0 spiro atoms. The monoisotopic (exact) mass is 238 g/mol. The Morgan fingerprint density at radius 3 is 2.88 bits per heavy atom. The molecule has 1 aliphatic carbocycles. The molecule has 88 valence electrons. The molecule has 2 heterocycles. The van der Waals surface area contributed by atoms with E-state index in [9.17, 15) is 5.11 Å². The average molecular weight is 238 g/mol. The zero-order valence-electron chi connectivity index (χ0n) is 9.41. The fourth-order valence-electron chi connectivity index (χ4n) is 2.47. The summed E-state index contributed by atoms with van der Waals surface area (Å²) in [6.45, 7) is 1.88. The summed E-state index contributed by atoms with van der Waals surface area (Å²) in [5.74, 6) is 0.701. The molecule has 1 aromatic rings. The highest BCUT2D eigenvalue weighted by atomic mass is 32.1. The van der Waals surface area contributed by atoms with Gasteiger partial charge in [0, 0.05) is 17.2 Å². The SMILES string of the molecule is OC1(Cc2scnc2C2CC2)CCNCC1. The van der Waals surface area contributed by atoms with Crippen molar-refractivity contribution in [3.05, 3.63) is 16.1 Å². The van der Waals surface area contributed by atoms with Crippen molar-refractivity contribution in [2.45, 2.75) is 43.6 Å². The molecule has 4 heteroatoms. The molecule has 0 atom stereocenters. The number of aromatic nitrogens is 1. The zero-order valence-corrected chi connectivity index (χ0v) is 10.2. The molecule has 16 heavy (non-hydrogen) atoms. The van der Waals surface area contributed by atoms with Crippen molar-refractivity contribution in [2.24, 2.45) is 0 Å². The van der Waals surface area contributed by atoms with Gasteiger partial charge < -0.3 is 10.4 Å². The highest BCUT2D eigenvalue weighted by molar-refractivity contribution is 7.09. The van der Waals surface area contributed by atoms with Crippen LogP contribution in [-0.4, -0.2) is 28.8 Å². The summed E-state index contributed by atoms with van der Waals surface area (Å²) < 4.78 is 0. The van der Waals surface area contributed by atoms with Crippen molar-refractivity contribution in [1.29, 1.82) is 0 Å². The van der Waals surface area contributed by atoms with Gasteiger partial charge in [-0.2, -0.15) is 0 Å². The molecule has 2 N–H and O–H groups in total. The molecule has 3 nitrogen and oxygen atoms in total. The molecule has 1 aromatic heterocycles. The number of piperidine rings is 1. The van der Waals surface area contributed by atoms with Crippen LogP contribution in [0.25, 0.3) is 0 Å². The molecule has 3 rings (SSSR count). The lowest BCUT2D eigenvalue weighted by molar-refractivity contribution is 0.0114. The second kappa shape index (κ2) is 4.09. The summed E-state index contributed by atoms with van der Waals surface area (Å²) in [6, 6.07) is 0. The Morgan fingerprint density at radius 1 is 1.44 bits per heavy atom. The van der Waals surface area contributed by atoms with Crippen LogP contribution < -0.4 is 5.32 Å². The first-order valence-electron chi connectivity index (χ1n) is 6.12. The van der Waals surface area contributed by atoms with Crippen LogP contribution >= 0.6 is 11.3 Å². The minimum Gasteiger partial charge on any atom is -0.389 e. The van der Waals surface area contributed by atoms with Crippen molar-refractivity contribution in [3.8, 4) is 0 Å². The predicted octanol–water partition coefficient (Wildman–Crippen LogP) is 1.68.